The molecule has 0 fully saturated rings. The highest BCUT2D eigenvalue weighted by atomic mass is 79.9. The van der Waals surface area contributed by atoms with Crippen molar-refractivity contribution < 1.29 is 13.9 Å². The Morgan fingerprint density at radius 3 is 2.50 bits per heavy atom. The van der Waals surface area contributed by atoms with Crippen LogP contribution in [0.25, 0.3) is 0 Å². The van der Waals surface area contributed by atoms with Crippen LogP contribution < -0.4 is 0 Å². The highest BCUT2D eigenvalue weighted by Crippen LogP contribution is 2.34. The smallest absolute Gasteiger partial charge is 0.146 e. The minimum absolute atomic E-state index is 0.108. The van der Waals surface area contributed by atoms with Gasteiger partial charge in [-0.25, -0.2) is 8.78 Å². The molecule has 0 aromatic heterocycles. The van der Waals surface area contributed by atoms with E-state index < -0.39 is 17.7 Å². The van der Waals surface area contributed by atoms with Gasteiger partial charge in [0, 0.05) is 0 Å². The summed E-state index contributed by atoms with van der Waals surface area (Å²) in [5.41, 5.74) is -0.215. The fraction of sp³-hybridized carbons (Fsp3) is 0.571. The lowest BCUT2D eigenvalue weighted by Gasteiger charge is -2.23. The summed E-state index contributed by atoms with van der Waals surface area (Å²) in [6.07, 6.45) is 2.35. The summed E-state index contributed by atoms with van der Waals surface area (Å²) in [6.45, 7) is 3.98. The van der Waals surface area contributed by atoms with Crippen LogP contribution in [0.1, 0.15) is 51.2 Å². The Morgan fingerprint density at radius 1 is 1.28 bits per heavy atom. The van der Waals surface area contributed by atoms with Gasteiger partial charge < -0.3 is 5.11 Å². The topological polar surface area (TPSA) is 20.2 Å². The van der Waals surface area contributed by atoms with E-state index in [2.05, 4.69) is 22.9 Å². The molecule has 1 aromatic rings. The Hall–Kier alpha value is -0.480. The number of unbranched alkanes of at least 4 members (excludes halogenated alkanes) is 1. The molecule has 0 amide bonds. The molecule has 0 aliphatic carbocycles. The maximum atomic E-state index is 13.9. The van der Waals surface area contributed by atoms with Gasteiger partial charge in [-0.2, -0.15) is 0 Å². The summed E-state index contributed by atoms with van der Waals surface area (Å²) in [5.74, 6) is -1.49. The zero-order valence-electron chi connectivity index (χ0n) is 10.7. The predicted octanol–water partition coefficient (Wildman–Crippen LogP) is 4.98. The van der Waals surface area contributed by atoms with Crippen molar-refractivity contribution in [3.8, 4) is 0 Å². The van der Waals surface area contributed by atoms with Gasteiger partial charge in [0.15, 0.2) is 0 Å². The van der Waals surface area contributed by atoms with Crippen LogP contribution >= 0.6 is 15.9 Å². The van der Waals surface area contributed by atoms with E-state index in [0.29, 0.717) is 6.42 Å². The molecule has 1 aromatic carbocycles. The molecule has 18 heavy (non-hydrogen) atoms. The van der Waals surface area contributed by atoms with Gasteiger partial charge in [0.05, 0.1) is 16.1 Å². The first-order valence-electron chi connectivity index (χ1n) is 6.34. The molecule has 0 saturated carbocycles. The molecule has 2 unspecified atom stereocenters. The van der Waals surface area contributed by atoms with E-state index in [-0.39, 0.29) is 16.0 Å². The first kappa shape index (κ1) is 15.6. The number of aliphatic hydroxyl groups excluding tert-OH is 1. The van der Waals surface area contributed by atoms with Crippen molar-refractivity contribution in [2.75, 3.05) is 0 Å². The lowest BCUT2D eigenvalue weighted by atomic mass is 9.88. The van der Waals surface area contributed by atoms with Gasteiger partial charge in [-0.15, -0.1) is 0 Å². The molecule has 1 N–H and O–H groups in total. The van der Waals surface area contributed by atoms with E-state index in [9.17, 15) is 13.9 Å². The molecule has 0 aliphatic heterocycles. The standard InChI is InChI=1S/C14H19BrF2O/c1-3-5-6-9(4-2)14(18)12-11(16)8-7-10(15)13(12)17/h7-9,14,18H,3-6H2,1-2H3. The Kier molecular flexibility index (Phi) is 6.22. The minimum Gasteiger partial charge on any atom is -0.388 e. The van der Waals surface area contributed by atoms with E-state index in [1.807, 2.05) is 6.92 Å². The van der Waals surface area contributed by atoms with Gasteiger partial charge in [0.1, 0.15) is 11.6 Å². The summed E-state index contributed by atoms with van der Waals surface area (Å²) >= 11 is 3.02. The van der Waals surface area contributed by atoms with E-state index in [4.69, 9.17) is 0 Å². The monoisotopic (exact) mass is 320 g/mol. The zero-order chi connectivity index (χ0) is 13.7. The maximum absolute atomic E-state index is 13.9. The van der Waals surface area contributed by atoms with Gasteiger partial charge in [0.25, 0.3) is 0 Å². The van der Waals surface area contributed by atoms with Gasteiger partial charge in [-0.3, -0.25) is 0 Å². The van der Waals surface area contributed by atoms with Crippen molar-refractivity contribution in [1.29, 1.82) is 0 Å². The molecule has 102 valence electrons. The van der Waals surface area contributed by atoms with Crippen LogP contribution in [-0.4, -0.2) is 5.11 Å². The molecule has 0 heterocycles. The molecule has 4 heteroatoms. The molecule has 0 radical (unpaired) electrons. The third kappa shape index (κ3) is 3.51. The van der Waals surface area contributed by atoms with Gasteiger partial charge in [-0.1, -0.05) is 33.1 Å². The number of benzene rings is 1. The highest BCUT2D eigenvalue weighted by molar-refractivity contribution is 9.10. The SMILES string of the molecule is CCCCC(CC)C(O)c1c(F)ccc(Br)c1F. The predicted molar refractivity (Wildman–Crippen MR) is 72.3 cm³/mol. The Balaban J connectivity index is 3.01. The van der Waals surface area contributed by atoms with E-state index in [0.717, 1.165) is 19.3 Å². The molecule has 1 nitrogen and oxygen atoms in total. The second kappa shape index (κ2) is 7.19. The number of rotatable bonds is 6. The second-order valence-electron chi connectivity index (χ2n) is 4.51. The van der Waals surface area contributed by atoms with Crippen molar-refractivity contribution in [2.45, 2.75) is 45.6 Å². The van der Waals surface area contributed by atoms with Crippen molar-refractivity contribution in [3.05, 3.63) is 33.8 Å². The second-order valence-corrected chi connectivity index (χ2v) is 5.37. The molecular formula is C14H19BrF2O. The lowest BCUT2D eigenvalue weighted by molar-refractivity contribution is 0.0914. The third-order valence-electron chi connectivity index (χ3n) is 3.27. The third-order valence-corrected chi connectivity index (χ3v) is 3.89. The normalized spacial score (nSPS) is 14.6. The van der Waals surface area contributed by atoms with Gasteiger partial charge in [-0.05, 0) is 40.4 Å². The van der Waals surface area contributed by atoms with Crippen LogP contribution in [0.4, 0.5) is 8.78 Å². The summed E-state index contributed by atoms with van der Waals surface area (Å²) < 4.78 is 27.7. The molecule has 2 atom stereocenters. The van der Waals surface area contributed by atoms with Crippen molar-refractivity contribution in [2.24, 2.45) is 5.92 Å². The Labute approximate surface area is 115 Å². The first-order valence-corrected chi connectivity index (χ1v) is 7.13. The molecular weight excluding hydrogens is 302 g/mol. The van der Waals surface area contributed by atoms with Crippen molar-refractivity contribution in [1.82, 2.24) is 0 Å². The largest absolute Gasteiger partial charge is 0.388 e. The molecule has 0 aliphatic rings. The summed E-state index contributed by atoms with van der Waals surface area (Å²) in [5, 5.41) is 10.2. The van der Waals surface area contributed by atoms with Crippen LogP contribution in [0.5, 0.6) is 0 Å². The highest BCUT2D eigenvalue weighted by Gasteiger charge is 2.26. The fourth-order valence-corrected chi connectivity index (χ4v) is 2.45. The van der Waals surface area contributed by atoms with E-state index in [1.54, 1.807) is 0 Å². The fourth-order valence-electron chi connectivity index (χ4n) is 2.10. The average molecular weight is 321 g/mol. The quantitative estimate of drug-likeness (QED) is 0.733. The lowest BCUT2D eigenvalue weighted by Crippen LogP contribution is -2.15. The van der Waals surface area contributed by atoms with Crippen LogP contribution in [0, 0.1) is 17.6 Å². The minimum atomic E-state index is -1.08. The Morgan fingerprint density at radius 2 is 1.94 bits per heavy atom. The van der Waals surface area contributed by atoms with Crippen molar-refractivity contribution >= 4 is 15.9 Å². The molecule has 0 bridgehead atoms. The average Bonchev–Trinajstić information content (AvgIpc) is 2.35. The zero-order valence-corrected chi connectivity index (χ0v) is 12.3. The summed E-state index contributed by atoms with van der Waals surface area (Å²) in [4.78, 5) is 0. The molecule has 0 saturated heterocycles. The number of halogens is 3. The number of hydrogen-bond donors (Lipinski definition) is 1. The van der Waals surface area contributed by atoms with E-state index >= 15 is 0 Å². The van der Waals surface area contributed by atoms with Crippen LogP contribution in [0.3, 0.4) is 0 Å². The molecule has 0 spiro atoms. The van der Waals surface area contributed by atoms with Gasteiger partial charge >= 0.3 is 0 Å². The number of hydrogen-bond acceptors (Lipinski definition) is 1. The maximum Gasteiger partial charge on any atom is 0.146 e. The van der Waals surface area contributed by atoms with Gasteiger partial charge in [0.2, 0.25) is 0 Å². The Bertz CT molecular complexity index is 396. The molecule has 1 rings (SSSR count). The van der Waals surface area contributed by atoms with Crippen LogP contribution in [0.15, 0.2) is 16.6 Å². The first-order chi connectivity index (χ1) is 8.52. The summed E-state index contributed by atoms with van der Waals surface area (Å²) in [7, 11) is 0. The number of aliphatic hydroxyl groups is 1. The van der Waals surface area contributed by atoms with E-state index in [1.165, 1.54) is 12.1 Å². The van der Waals surface area contributed by atoms with Crippen molar-refractivity contribution in [3.63, 3.8) is 0 Å². The van der Waals surface area contributed by atoms with Crippen LogP contribution in [0.2, 0.25) is 0 Å². The van der Waals surface area contributed by atoms with Crippen LogP contribution in [-0.2, 0) is 0 Å². The summed E-state index contributed by atoms with van der Waals surface area (Å²) in [6, 6.07) is 2.49.